The monoisotopic (exact) mass is 444 g/mol. The summed E-state index contributed by atoms with van der Waals surface area (Å²) in [5.74, 6) is -3.85. The number of fused-ring (bicyclic) bond motifs is 1. The van der Waals surface area contributed by atoms with Gasteiger partial charge in [0.1, 0.15) is 51.2 Å². The molecule has 172 valence electrons. The van der Waals surface area contributed by atoms with Gasteiger partial charge >= 0.3 is 0 Å². The predicted molar refractivity (Wildman–Crippen MR) is 116 cm³/mol. The molecule has 0 aliphatic carbocycles. The van der Waals surface area contributed by atoms with Crippen molar-refractivity contribution < 1.29 is 39.9 Å². The van der Waals surface area contributed by atoms with E-state index in [1.165, 1.54) is 13.8 Å². The quantitative estimate of drug-likeness (QED) is 0.445. The lowest BCUT2D eigenvalue weighted by atomic mass is 9.86. The Balaban J connectivity index is 2.32. The molecule has 0 fully saturated rings. The molecule has 0 saturated carbocycles. The summed E-state index contributed by atoms with van der Waals surface area (Å²) in [6, 6.07) is 0. The van der Waals surface area contributed by atoms with Gasteiger partial charge in [0.25, 0.3) is 0 Å². The highest BCUT2D eigenvalue weighted by Gasteiger charge is 2.39. The van der Waals surface area contributed by atoms with E-state index in [1.807, 2.05) is 0 Å². The molecule has 2 aromatic carbocycles. The van der Waals surface area contributed by atoms with Crippen LogP contribution in [0.5, 0.6) is 34.5 Å². The Morgan fingerprint density at radius 1 is 0.906 bits per heavy atom. The van der Waals surface area contributed by atoms with E-state index in [4.69, 9.17) is 4.74 Å². The summed E-state index contributed by atoms with van der Waals surface area (Å²) in [6.07, 6.45) is -0.311. The summed E-state index contributed by atoms with van der Waals surface area (Å²) < 4.78 is 5.94. The lowest BCUT2D eigenvalue weighted by Gasteiger charge is -2.34. The molecular formula is C24H28O8. The van der Waals surface area contributed by atoms with Gasteiger partial charge in [-0.05, 0) is 27.7 Å². The van der Waals surface area contributed by atoms with E-state index in [1.54, 1.807) is 27.7 Å². The molecule has 1 aliphatic rings. The van der Waals surface area contributed by atoms with Gasteiger partial charge in [-0.3, -0.25) is 9.59 Å². The normalized spacial score (nSPS) is 14.9. The molecule has 0 atom stereocenters. The number of carbonyl (C=O) groups is 2. The summed E-state index contributed by atoms with van der Waals surface area (Å²) in [4.78, 5) is 25.4. The van der Waals surface area contributed by atoms with Gasteiger partial charge in [0, 0.05) is 34.6 Å². The maximum absolute atomic E-state index is 12.7. The second kappa shape index (κ2) is 7.62. The average Bonchev–Trinajstić information content (AvgIpc) is 2.68. The van der Waals surface area contributed by atoms with E-state index in [2.05, 4.69) is 0 Å². The van der Waals surface area contributed by atoms with E-state index in [-0.39, 0.29) is 63.5 Å². The van der Waals surface area contributed by atoms with Gasteiger partial charge in [-0.1, -0.05) is 13.8 Å². The number of ketones is 2. The van der Waals surface area contributed by atoms with Crippen molar-refractivity contribution >= 4 is 11.6 Å². The minimum atomic E-state index is -0.916. The van der Waals surface area contributed by atoms with Crippen molar-refractivity contribution in [3.8, 4) is 34.5 Å². The summed E-state index contributed by atoms with van der Waals surface area (Å²) in [5.41, 5.74) is -1.34. The highest BCUT2D eigenvalue weighted by Crippen LogP contribution is 2.50. The highest BCUT2D eigenvalue weighted by atomic mass is 16.5. The zero-order chi connectivity index (χ0) is 24.3. The Morgan fingerprint density at radius 2 is 1.44 bits per heavy atom. The molecule has 1 heterocycles. The molecule has 0 saturated heterocycles. The molecule has 1 aliphatic heterocycles. The van der Waals surface area contributed by atoms with Crippen molar-refractivity contribution in [1.29, 1.82) is 0 Å². The number of benzene rings is 2. The van der Waals surface area contributed by atoms with E-state index in [0.29, 0.717) is 0 Å². The molecule has 5 N–H and O–H groups in total. The first kappa shape index (κ1) is 23.2. The van der Waals surface area contributed by atoms with Crippen LogP contribution in [-0.2, 0) is 6.42 Å². The summed E-state index contributed by atoms with van der Waals surface area (Å²) in [7, 11) is 0. The van der Waals surface area contributed by atoms with Gasteiger partial charge in [-0.25, -0.2) is 0 Å². The SMILES string of the molecule is Cc1c(O)c(Cc2c(O)c(C)c(O)c3c2OC(C)(C)CC3=O)c(O)c(C(=O)C(C)C)c1O. The molecule has 0 aromatic heterocycles. The van der Waals surface area contributed by atoms with Gasteiger partial charge in [0.05, 0.1) is 6.42 Å². The molecule has 8 nitrogen and oxygen atoms in total. The van der Waals surface area contributed by atoms with E-state index >= 15 is 0 Å². The Kier molecular flexibility index (Phi) is 5.53. The van der Waals surface area contributed by atoms with Crippen molar-refractivity contribution in [2.24, 2.45) is 5.92 Å². The number of hydrogen-bond acceptors (Lipinski definition) is 8. The van der Waals surface area contributed by atoms with Crippen LogP contribution in [-0.4, -0.2) is 42.7 Å². The lowest BCUT2D eigenvalue weighted by Crippen LogP contribution is -2.36. The fraction of sp³-hybridized carbons (Fsp3) is 0.417. The van der Waals surface area contributed by atoms with Gasteiger partial charge < -0.3 is 30.3 Å². The maximum Gasteiger partial charge on any atom is 0.174 e. The fourth-order valence-electron chi connectivity index (χ4n) is 3.98. The van der Waals surface area contributed by atoms with Crippen molar-refractivity contribution in [2.45, 2.75) is 60.0 Å². The smallest absolute Gasteiger partial charge is 0.174 e. The number of carbonyl (C=O) groups excluding carboxylic acids is 2. The number of phenols is 5. The molecule has 3 rings (SSSR count). The maximum atomic E-state index is 12.7. The summed E-state index contributed by atoms with van der Waals surface area (Å²) in [6.45, 7) is 9.41. The van der Waals surface area contributed by atoms with E-state index in [9.17, 15) is 35.1 Å². The standard InChI is InChI=1S/C24H28O8/c1-9(2)17(26)16-21(30)10(3)18(27)12(22(16)31)7-13-19(28)11(4)20(29)15-14(25)8-24(5,6)32-23(13)15/h9,27-31H,7-8H2,1-6H3. The van der Waals surface area contributed by atoms with Gasteiger partial charge in [0.2, 0.25) is 0 Å². The number of Topliss-reactive ketones (excluding diaryl/α,β-unsaturated/α-hetero) is 2. The lowest BCUT2D eigenvalue weighted by molar-refractivity contribution is 0.0606. The van der Waals surface area contributed by atoms with Crippen molar-refractivity contribution in [3.05, 3.63) is 33.4 Å². The number of rotatable bonds is 4. The largest absolute Gasteiger partial charge is 0.507 e. The third kappa shape index (κ3) is 3.49. The average molecular weight is 444 g/mol. The van der Waals surface area contributed by atoms with Gasteiger partial charge in [-0.2, -0.15) is 0 Å². The van der Waals surface area contributed by atoms with E-state index < -0.39 is 40.3 Å². The van der Waals surface area contributed by atoms with Crippen molar-refractivity contribution in [1.82, 2.24) is 0 Å². The Bertz CT molecular complexity index is 1160. The molecule has 0 unspecified atom stereocenters. The molecular weight excluding hydrogens is 416 g/mol. The summed E-state index contributed by atoms with van der Waals surface area (Å²) in [5, 5.41) is 53.2. The van der Waals surface area contributed by atoms with Crippen LogP contribution >= 0.6 is 0 Å². The zero-order valence-corrected chi connectivity index (χ0v) is 19.0. The minimum absolute atomic E-state index is 0.0111. The molecule has 0 bridgehead atoms. The van der Waals surface area contributed by atoms with Crippen LogP contribution in [0.2, 0.25) is 0 Å². The van der Waals surface area contributed by atoms with Crippen LogP contribution in [0, 0.1) is 19.8 Å². The Labute approximate surface area is 185 Å². The predicted octanol–water partition coefficient (Wildman–Crippen LogP) is 4.00. The van der Waals surface area contributed by atoms with Crippen LogP contribution < -0.4 is 4.74 Å². The molecule has 8 heteroatoms. The molecule has 2 aromatic rings. The highest BCUT2D eigenvalue weighted by molar-refractivity contribution is 6.05. The van der Waals surface area contributed by atoms with E-state index in [0.717, 1.165) is 0 Å². The van der Waals surface area contributed by atoms with Crippen LogP contribution in [0.4, 0.5) is 0 Å². The first-order valence-corrected chi connectivity index (χ1v) is 10.3. The fourth-order valence-corrected chi connectivity index (χ4v) is 3.98. The molecule has 0 spiro atoms. The second-order valence-electron chi connectivity index (χ2n) is 9.19. The molecule has 0 amide bonds. The van der Waals surface area contributed by atoms with Crippen LogP contribution in [0.3, 0.4) is 0 Å². The summed E-state index contributed by atoms with van der Waals surface area (Å²) >= 11 is 0. The van der Waals surface area contributed by atoms with Gasteiger partial charge in [0.15, 0.2) is 11.6 Å². The Hall–Kier alpha value is -3.42. The van der Waals surface area contributed by atoms with Gasteiger partial charge in [-0.15, -0.1) is 0 Å². The first-order chi connectivity index (χ1) is 14.7. The number of hydrogen-bond donors (Lipinski definition) is 5. The number of phenolic OH excluding ortho intramolecular Hbond substituents is 5. The third-order valence-corrected chi connectivity index (χ3v) is 5.86. The van der Waals surface area contributed by atoms with Crippen LogP contribution in [0.15, 0.2) is 0 Å². The zero-order valence-electron chi connectivity index (χ0n) is 19.0. The third-order valence-electron chi connectivity index (χ3n) is 5.86. The molecule has 32 heavy (non-hydrogen) atoms. The van der Waals surface area contributed by atoms with Crippen molar-refractivity contribution in [3.63, 3.8) is 0 Å². The topological polar surface area (TPSA) is 145 Å². The number of aromatic hydroxyl groups is 5. The number of ether oxygens (including phenoxy) is 1. The first-order valence-electron chi connectivity index (χ1n) is 10.3. The van der Waals surface area contributed by atoms with Crippen LogP contribution in [0.25, 0.3) is 0 Å². The Morgan fingerprint density at radius 3 is 2.00 bits per heavy atom. The van der Waals surface area contributed by atoms with Crippen molar-refractivity contribution in [2.75, 3.05) is 0 Å². The second-order valence-corrected chi connectivity index (χ2v) is 9.19. The van der Waals surface area contributed by atoms with Crippen LogP contribution in [0.1, 0.15) is 77.1 Å². The minimum Gasteiger partial charge on any atom is -0.507 e. The molecule has 0 radical (unpaired) electrons.